The highest BCUT2D eigenvalue weighted by molar-refractivity contribution is 7.89. The fourth-order valence-corrected chi connectivity index (χ4v) is 5.03. The summed E-state index contributed by atoms with van der Waals surface area (Å²) in [5.74, 6) is 0.323. The molecule has 0 bridgehead atoms. The van der Waals surface area contributed by atoms with E-state index in [-0.39, 0.29) is 10.6 Å². The molecule has 1 aliphatic heterocycles. The molecule has 2 aromatic rings. The molecule has 1 aliphatic rings. The third-order valence-electron chi connectivity index (χ3n) is 4.67. The smallest absolute Gasteiger partial charge is 0.265 e. The molecule has 1 amide bonds. The Morgan fingerprint density at radius 3 is 2.60 bits per heavy atom. The first-order valence-electron chi connectivity index (χ1n) is 9.81. The monoisotopic (exact) mass is 452 g/mol. The number of benzene rings is 2. The van der Waals surface area contributed by atoms with Gasteiger partial charge < -0.3 is 14.8 Å². The Morgan fingerprint density at radius 1 is 1.20 bits per heavy atom. The van der Waals surface area contributed by atoms with Gasteiger partial charge in [0.15, 0.2) is 6.10 Å². The molecule has 0 aromatic heterocycles. The molecule has 1 atom stereocenters. The van der Waals surface area contributed by atoms with Crippen molar-refractivity contribution in [2.75, 3.05) is 25.0 Å². The van der Waals surface area contributed by atoms with Gasteiger partial charge in [0.05, 0.1) is 6.61 Å². The minimum absolute atomic E-state index is 0.0486. The van der Waals surface area contributed by atoms with E-state index >= 15 is 0 Å². The Bertz CT molecular complexity index is 1010. The van der Waals surface area contributed by atoms with Crippen LogP contribution in [0.25, 0.3) is 0 Å². The van der Waals surface area contributed by atoms with Crippen LogP contribution >= 0.6 is 11.6 Å². The van der Waals surface area contributed by atoms with Crippen molar-refractivity contribution in [3.05, 3.63) is 47.5 Å². The second kappa shape index (κ2) is 9.68. The molecule has 0 saturated carbocycles. The number of carbonyl (C=O) groups is 1. The van der Waals surface area contributed by atoms with E-state index in [4.69, 9.17) is 21.1 Å². The number of hydrogen-bond acceptors (Lipinski definition) is 5. The van der Waals surface area contributed by atoms with Gasteiger partial charge in [-0.05, 0) is 63.1 Å². The summed E-state index contributed by atoms with van der Waals surface area (Å²) in [6, 6.07) is 11.4. The van der Waals surface area contributed by atoms with Gasteiger partial charge >= 0.3 is 0 Å². The van der Waals surface area contributed by atoms with Gasteiger partial charge in [-0.2, -0.15) is 4.31 Å². The zero-order chi connectivity index (χ0) is 21.7. The van der Waals surface area contributed by atoms with Crippen LogP contribution in [0.2, 0.25) is 5.02 Å². The number of hydrogen-bond donors (Lipinski definition) is 1. The number of halogens is 1. The number of nitrogens with zero attached hydrogens (tertiary/aromatic N) is 1. The van der Waals surface area contributed by atoms with E-state index in [1.807, 2.05) is 0 Å². The zero-order valence-corrected chi connectivity index (χ0v) is 18.5. The zero-order valence-electron chi connectivity index (χ0n) is 16.9. The number of amides is 1. The maximum Gasteiger partial charge on any atom is 0.265 e. The van der Waals surface area contributed by atoms with E-state index in [1.165, 1.54) is 10.4 Å². The quantitative estimate of drug-likeness (QED) is 0.656. The van der Waals surface area contributed by atoms with Crippen LogP contribution in [0.15, 0.2) is 47.4 Å². The van der Waals surface area contributed by atoms with Crippen LogP contribution in [0.1, 0.15) is 26.7 Å². The SMILES string of the molecule is CCOc1ccc(NC(=O)[C@@H](C)Oc2cccc(Cl)c2)cc1S(=O)(=O)N1CCCC1. The van der Waals surface area contributed by atoms with E-state index in [0.717, 1.165) is 12.8 Å². The summed E-state index contributed by atoms with van der Waals surface area (Å²) < 4.78 is 38.7. The predicted molar refractivity (Wildman–Crippen MR) is 116 cm³/mol. The Hall–Kier alpha value is -2.29. The van der Waals surface area contributed by atoms with Gasteiger partial charge in [-0.1, -0.05) is 17.7 Å². The molecule has 0 aliphatic carbocycles. The Balaban J connectivity index is 1.79. The Labute approximate surface area is 182 Å². The maximum absolute atomic E-state index is 13.1. The van der Waals surface area contributed by atoms with Crippen molar-refractivity contribution in [3.8, 4) is 11.5 Å². The summed E-state index contributed by atoms with van der Waals surface area (Å²) in [5, 5.41) is 3.22. The third-order valence-corrected chi connectivity index (χ3v) is 6.83. The molecule has 30 heavy (non-hydrogen) atoms. The second-order valence-corrected chi connectivity index (χ2v) is 9.26. The van der Waals surface area contributed by atoms with E-state index < -0.39 is 22.0 Å². The molecule has 0 radical (unpaired) electrons. The summed E-state index contributed by atoms with van der Waals surface area (Å²) in [6.07, 6.45) is 0.851. The van der Waals surface area contributed by atoms with E-state index in [0.29, 0.717) is 36.2 Å². The normalized spacial score (nSPS) is 15.6. The summed E-state index contributed by atoms with van der Waals surface area (Å²) in [6.45, 7) is 4.69. The standard InChI is InChI=1S/C21H25ClN2O5S/c1-3-28-19-10-9-17(14-20(19)30(26,27)24-11-4-5-12-24)23-21(25)15(2)29-18-8-6-7-16(22)13-18/h6-10,13-15H,3-5,11-12H2,1-2H3,(H,23,25)/t15-/m1/s1. The fourth-order valence-electron chi connectivity index (χ4n) is 3.17. The van der Waals surface area contributed by atoms with Crippen LogP contribution in [-0.4, -0.2) is 44.4 Å². The molecule has 1 heterocycles. The van der Waals surface area contributed by atoms with Gasteiger partial charge in [0, 0.05) is 23.8 Å². The van der Waals surface area contributed by atoms with Crippen LogP contribution in [0.3, 0.4) is 0 Å². The molecular weight excluding hydrogens is 428 g/mol. The highest BCUT2D eigenvalue weighted by Gasteiger charge is 2.30. The minimum Gasteiger partial charge on any atom is -0.492 e. The van der Waals surface area contributed by atoms with Crippen molar-refractivity contribution in [3.63, 3.8) is 0 Å². The van der Waals surface area contributed by atoms with E-state index in [2.05, 4.69) is 5.32 Å². The highest BCUT2D eigenvalue weighted by atomic mass is 35.5. The number of nitrogens with one attached hydrogen (secondary N) is 1. The molecular formula is C21H25ClN2O5S. The number of carbonyl (C=O) groups excluding carboxylic acids is 1. The average Bonchev–Trinajstić information content (AvgIpc) is 3.25. The summed E-state index contributed by atoms with van der Waals surface area (Å²) in [7, 11) is -3.71. The first kappa shape index (κ1) is 22.4. The van der Waals surface area contributed by atoms with Crippen LogP contribution in [0.5, 0.6) is 11.5 Å². The molecule has 0 unspecified atom stereocenters. The average molecular weight is 453 g/mol. The van der Waals surface area contributed by atoms with Gasteiger partial charge in [0.1, 0.15) is 16.4 Å². The first-order valence-corrected chi connectivity index (χ1v) is 11.6. The van der Waals surface area contributed by atoms with Gasteiger partial charge in [-0.25, -0.2) is 8.42 Å². The summed E-state index contributed by atoms with van der Waals surface area (Å²) in [5.41, 5.74) is 0.350. The van der Waals surface area contributed by atoms with Crippen molar-refractivity contribution >= 4 is 33.2 Å². The summed E-state index contributed by atoms with van der Waals surface area (Å²) >= 11 is 5.94. The van der Waals surface area contributed by atoms with Gasteiger partial charge in [0.2, 0.25) is 10.0 Å². The second-order valence-electron chi connectivity index (χ2n) is 6.91. The summed E-state index contributed by atoms with van der Waals surface area (Å²) in [4.78, 5) is 12.6. The molecule has 2 aromatic carbocycles. The highest BCUT2D eigenvalue weighted by Crippen LogP contribution is 2.31. The number of anilines is 1. The third kappa shape index (κ3) is 5.24. The first-order chi connectivity index (χ1) is 14.3. The Kier molecular flexibility index (Phi) is 7.23. The predicted octanol–water partition coefficient (Wildman–Crippen LogP) is 3.93. The lowest BCUT2D eigenvalue weighted by Crippen LogP contribution is -2.31. The lowest BCUT2D eigenvalue weighted by atomic mass is 10.2. The largest absolute Gasteiger partial charge is 0.492 e. The fraction of sp³-hybridized carbons (Fsp3) is 0.381. The maximum atomic E-state index is 13.1. The Morgan fingerprint density at radius 2 is 1.93 bits per heavy atom. The van der Waals surface area contributed by atoms with Crippen molar-refractivity contribution in [1.82, 2.24) is 4.31 Å². The van der Waals surface area contributed by atoms with Crippen LogP contribution < -0.4 is 14.8 Å². The van der Waals surface area contributed by atoms with E-state index in [9.17, 15) is 13.2 Å². The number of ether oxygens (including phenoxy) is 2. The molecule has 7 nitrogen and oxygen atoms in total. The molecule has 162 valence electrons. The lowest BCUT2D eigenvalue weighted by molar-refractivity contribution is -0.122. The lowest BCUT2D eigenvalue weighted by Gasteiger charge is -2.20. The molecule has 9 heteroatoms. The van der Waals surface area contributed by atoms with Gasteiger partial charge in [0.25, 0.3) is 5.91 Å². The van der Waals surface area contributed by atoms with Crippen molar-refractivity contribution in [2.45, 2.75) is 37.7 Å². The molecule has 1 fully saturated rings. The minimum atomic E-state index is -3.71. The number of rotatable bonds is 8. The van der Waals surface area contributed by atoms with Gasteiger partial charge in [-0.15, -0.1) is 0 Å². The van der Waals surface area contributed by atoms with E-state index in [1.54, 1.807) is 50.2 Å². The van der Waals surface area contributed by atoms with Crippen molar-refractivity contribution in [2.24, 2.45) is 0 Å². The van der Waals surface area contributed by atoms with Crippen LogP contribution in [-0.2, 0) is 14.8 Å². The van der Waals surface area contributed by atoms with Crippen molar-refractivity contribution < 1.29 is 22.7 Å². The number of sulfonamides is 1. The van der Waals surface area contributed by atoms with Crippen LogP contribution in [0, 0.1) is 0 Å². The molecule has 1 N–H and O–H groups in total. The van der Waals surface area contributed by atoms with Crippen LogP contribution in [0.4, 0.5) is 5.69 Å². The molecule has 0 spiro atoms. The molecule has 3 rings (SSSR count). The topological polar surface area (TPSA) is 84.9 Å². The molecule has 1 saturated heterocycles. The van der Waals surface area contributed by atoms with Gasteiger partial charge in [-0.3, -0.25) is 4.79 Å². The van der Waals surface area contributed by atoms with Crippen molar-refractivity contribution in [1.29, 1.82) is 0 Å².